The van der Waals surface area contributed by atoms with Crippen LogP contribution in [0.5, 0.6) is 5.75 Å². The highest BCUT2D eigenvalue weighted by Crippen LogP contribution is 2.27. The van der Waals surface area contributed by atoms with Gasteiger partial charge in [0.05, 0.1) is 26.4 Å². The third-order valence-corrected chi connectivity index (χ3v) is 4.79. The van der Waals surface area contributed by atoms with Crippen LogP contribution in [0.4, 0.5) is 0 Å². The summed E-state index contributed by atoms with van der Waals surface area (Å²) in [5, 5.41) is 8.87. The normalized spacial score (nSPS) is 15.7. The second-order valence-corrected chi connectivity index (χ2v) is 6.57. The number of carboxylic acid groups (broad SMARTS) is 1. The zero-order chi connectivity index (χ0) is 18.4. The van der Waals surface area contributed by atoms with Crippen LogP contribution in [0.1, 0.15) is 18.4 Å². The van der Waals surface area contributed by atoms with Crippen LogP contribution in [0.3, 0.4) is 0 Å². The average Bonchev–Trinajstić information content (AvgIpc) is 2.67. The topological polar surface area (TPSA) is 59.0 Å². The standard InChI is InChI=1S/C21H25NO4/c1-25-18-8-6-16(7-9-18)20-5-3-2-4-17(20)15-26-19-10-12-22(13-11-19)14-21(23)24/h2-9,19H,10-15H2,1H3,(H,23,24). The van der Waals surface area contributed by atoms with Gasteiger partial charge in [0.1, 0.15) is 5.75 Å². The maximum atomic E-state index is 10.8. The molecule has 1 aliphatic rings. The molecule has 5 nitrogen and oxygen atoms in total. The minimum atomic E-state index is -0.766. The molecule has 1 fully saturated rings. The first-order chi connectivity index (χ1) is 12.7. The lowest BCUT2D eigenvalue weighted by atomic mass is 10.00. The van der Waals surface area contributed by atoms with Crippen LogP contribution in [0.25, 0.3) is 11.1 Å². The molecule has 0 spiro atoms. The lowest BCUT2D eigenvalue weighted by Crippen LogP contribution is -2.39. The Bertz CT molecular complexity index is 721. The molecule has 0 atom stereocenters. The molecule has 0 bridgehead atoms. The van der Waals surface area contributed by atoms with Crippen molar-refractivity contribution in [2.45, 2.75) is 25.6 Å². The number of piperidine rings is 1. The van der Waals surface area contributed by atoms with Gasteiger partial charge >= 0.3 is 5.97 Å². The van der Waals surface area contributed by atoms with E-state index in [1.54, 1.807) is 7.11 Å². The fourth-order valence-electron chi connectivity index (χ4n) is 3.33. The molecule has 138 valence electrons. The molecule has 2 aromatic rings. The number of hydrogen-bond acceptors (Lipinski definition) is 4. The van der Waals surface area contributed by atoms with E-state index in [9.17, 15) is 4.79 Å². The Kier molecular flexibility index (Phi) is 6.26. The number of rotatable bonds is 7. The fraction of sp³-hybridized carbons (Fsp3) is 0.381. The van der Waals surface area contributed by atoms with Gasteiger partial charge in [-0.05, 0) is 41.7 Å². The highest BCUT2D eigenvalue weighted by atomic mass is 16.5. The highest BCUT2D eigenvalue weighted by molar-refractivity contribution is 5.69. The molecule has 0 radical (unpaired) electrons. The molecule has 0 unspecified atom stereocenters. The van der Waals surface area contributed by atoms with E-state index >= 15 is 0 Å². The SMILES string of the molecule is COc1ccc(-c2ccccc2COC2CCN(CC(=O)O)CC2)cc1. The van der Waals surface area contributed by atoms with Gasteiger partial charge in [-0.2, -0.15) is 0 Å². The Hall–Kier alpha value is -2.37. The van der Waals surface area contributed by atoms with Crippen molar-refractivity contribution in [2.24, 2.45) is 0 Å². The summed E-state index contributed by atoms with van der Waals surface area (Å²) in [5.74, 6) is 0.0772. The van der Waals surface area contributed by atoms with Crippen LogP contribution in [0.2, 0.25) is 0 Å². The van der Waals surface area contributed by atoms with E-state index in [0.717, 1.165) is 42.8 Å². The second-order valence-electron chi connectivity index (χ2n) is 6.57. The molecular weight excluding hydrogens is 330 g/mol. The summed E-state index contributed by atoms with van der Waals surface area (Å²) in [6.07, 6.45) is 1.93. The zero-order valence-corrected chi connectivity index (χ0v) is 15.1. The Morgan fingerprint density at radius 3 is 2.46 bits per heavy atom. The molecule has 2 aromatic carbocycles. The number of hydrogen-bond donors (Lipinski definition) is 1. The molecule has 3 rings (SSSR count). The minimum Gasteiger partial charge on any atom is -0.497 e. The maximum absolute atomic E-state index is 10.8. The summed E-state index contributed by atoms with van der Waals surface area (Å²) in [5.41, 5.74) is 3.46. The van der Waals surface area contributed by atoms with Crippen LogP contribution >= 0.6 is 0 Å². The Morgan fingerprint density at radius 1 is 1.12 bits per heavy atom. The molecule has 1 saturated heterocycles. The van der Waals surface area contributed by atoms with Crippen LogP contribution in [-0.2, 0) is 16.1 Å². The Balaban J connectivity index is 1.60. The van der Waals surface area contributed by atoms with Crippen LogP contribution < -0.4 is 4.74 Å². The van der Waals surface area contributed by atoms with Gasteiger partial charge in [0.25, 0.3) is 0 Å². The predicted molar refractivity (Wildman–Crippen MR) is 100 cm³/mol. The quantitative estimate of drug-likeness (QED) is 0.825. The Morgan fingerprint density at radius 2 is 1.81 bits per heavy atom. The van der Waals surface area contributed by atoms with Crippen molar-refractivity contribution in [1.82, 2.24) is 4.90 Å². The number of benzene rings is 2. The first kappa shape index (κ1) is 18.4. The second kappa shape index (κ2) is 8.83. The van der Waals surface area contributed by atoms with E-state index in [1.165, 1.54) is 5.56 Å². The Labute approximate surface area is 154 Å². The summed E-state index contributed by atoms with van der Waals surface area (Å²) >= 11 is 0. The maximum Gasteiger partial charge on any atom is 0.317 e. The van der Waals surface area contributed by atoms with Gasteiger partial charge in [-0.3, -0.25) is 9.69 Å². The number of carboxylic acids is 1. The zero-order valence-electron chi connectivity index (χ0n) is 15.1. The molecule has 26 heavy (non-hydrogen) atoms. The number of nitrogens with zero attached hydrogens (tertiary/aromatic N) is 1. The molecule has 0 saturated carbocycles. The van der Waals surface area contributed by atoms with Crippen molar-refractivity contribution >= 4 is 5.97 Å². The van der Waals surface area contributed by atoms with E-state index in [-0.39, 0.29) is 12.6 Å². The highest BCUT2D eigenvalue weighted by Gasteiger charge is 2.21. The van der Waals surface area contributed by atoms with Crippen molar-refractivity contribution in [1.29, 1.82) is 0 Å². The summed E-state index contributed by atoms with van der Waals surface area (Å²) in [4.78, 5) is 12.8. The monoisotopic (exact) mass is 355 g/mol. The van der Waals surface area contributed by atoms with E-state index in [1.807, 2.05) is 29.2 Å². The number of carbonyl (C=O) groups is 1. The lowest BCUT2D eigenvalue weighted by molar-refractivity contribution is -0.139. The molecular formula is C21H25NO4. The molecule has 0 amide bonds. The molecule has 1 N–H and O–H groups in total. The van der Waals surface area contributed by atoms with E-state index in [0.29, 0.717) is 6.61 Å². The van der Waals surface area contributed by atoms with E-state index < -0.39 is 5.97 Å². The van der Waals surface area contributed by atoms with Gasteiger partial charge in [0.15, 0.2) is 0 Å². The van der Waals surface area contributed by atoms with Crippen molar-refractivity contribution < 1.29 is 19.4 Å². The summed E-state index contributed by atoms with van der Waals surface area (Å²) < 4.78 is 11.4. The first-order valence-corrected chi connectivity index (χ1v) is 8.94. The van der Waals surface area contributed by atoms with Crippen molar-refractivity contribution in [3.8, 4) is 16.9 Å². The number of methoxy groups -OCH3 is 1. The summed E-state index contributed by atoms with van der Waals surface area (Å²) in [6.45, 7) is 2.23. The molecule has 0 aromatic heterocycles. The summed E-state index contributed by atoms with van der Waals surface area (Å²) in [6, 6.07) is 16.3. The summed E-state index contributed by atoms with van der Waals surface area (Å²) in [7, 11) is 1.67. The number of ether oxygens (including phenoxy) is 2. The van der Waals surface area contributed by atoms with Gasteiger partial charge < -0.3 is 14.6 Å². The molecule has 0 aliphatic carbocycles. The van der Waals surface area contributed by atoms with Crippen LogP contribution in [-0.4, -0.2) is 48.8 Å². The van der Waals surface area contributed by atoms with Gasteiger partial charge in [-0.1, -0.05) is 36.4 Å². The minimum absolute atomic E-state index is 0.118. The largest absolute Gasteiger partial charge is 0.497 e. The third kappa shape index (κ3) is 4.84. The van der Waals surface area contributed by atoms with Crippen LogP contribution in [0.15, 0.2) is 48.5 Å². The molecule has 5 heteroatoms. The van der Waals surface area contributed by atoms with E-state index in [4.69, 9.17) is 14.6 Å². The van der Waals surface area contributed by atoms with Crippen molar-refractivity contribution in [3.05, 3.63) is 54.1 Å². The number of aliphatic carboxylic acids is 1. The number of likely N-dealkylation sites (tertiary alicyclic amines) is 1. The fourth-order valence-corrected chi connectivity index (χ4v) is 3.33. The average molecular weight is 355 g/mol. The van der Waals surface area contributed by atoms with Crippen molar-refractivity contribution in [2.75, 3.05) is 26.7 Å². The van der Waals surface area contributed by atoms with Gasteiger partial charge in [-0.15, -0.1) is 0 Å². The molecule has 1 heterocycles. The lowest BCUT2D eigenvalue weighted by Gasteiger charge is -2.30. The van der Waals surface area contributed by atoms with Crippen molar-refractivity contribution in [3.63, 3.8) is 0 Å². The van der Waals surface area contributed by atoms with E-state index in [2.05, 4.69) is 24.3 Å². The third-order valence-electron chi connectivity index (χ3n) is 4.79. The molecule has 1 aliphatic heterocycles. The first-order valence-electron chi connectivity index (χ1n) is 8.94. The smallest absolute Gasteiger partial charge is 0.317 e. The van der Waals surface area contributed by atoms with Gasteiger partial charge in [0, 0.05) is 13.1 Å². The van der Waals surface area contributed by atoms with Crippen LogP contribution in [0, 0.1) is 0 Å². The predicted octanol–water partition coefficient (Wildman–Crippen LogP) is 3.43. The van der Waals surface area contributed by atoms with Gasteiger partial charge in [0.2, 0.25) is 0 Å². The van der Waals surface area contributed by atoms with Gasteiger partial charge in [-0.25, -0.2) is 0 Å².